The van der Waals surface area contributed by atoms with Gasteiger partial charge in [-0.25, -0.2) is 0 Å². The van der Waals surface area contributed by atoms with Crippen LogP contribution < -0.4 is 4.74 Å². The van der Waals surface area contributed by atoms with E-state index >= 15 is 0 Å². The van der Waals surface area contributed by atoms with Gasteiger partial charge in [0.15, 0.2) is 6.61 Å². The van der Waals surface area contributed by atoms with Gasteiger partial charge in [-0.1, -0.05) is 32.4 Å². The molecule has 0 aromatic heterocycles. The molecule has 126 valence electrons. The molecule has 0 radical (unpaired) electrons. The summed E-state index contributed by atoms with van der Waals surface area (Å²) in [5, 5.41) is 0. The quantitative estimate of drug-likeness (QED) is 0.775. The smallest absolute Gasteiger partial charge is 0.260 e. The largest absolute Gasteiger partial charge is 0.484 e. The number of ketones is 1. The van der Waals surface area contributed by atoms with Gasteiger partial charge in [0.25, 0.3) is 5.91 Å². The highest BCUT2D eigenvalue weighted by Crippen LogP contribution is 2.20. The van der Waals surface area contributed by atoms with E-state index < -0.39 is 0 Å². The highest BCUT2D eigenvalue weighted by atomic mass is 16.5. The normalized spacial score (nSPS) is 15.5. The Morgan fingerprint density at radius 3 is 2.35 bits per heavy atom. The van der Waals surface area contributed by atoms with Crippen molar-refractivity contribution in [2.75, 3.05) is 19.7 Å². The molecule has 1 saturated heterocycles. The van der Waals surface area contributed by atoms with Crippen LogP contribution in [-0.2, 0) is 16.0 Å². The van der Waals surface area contributed by atoms with Gasteiger partial charge in [-0.3, -0.25) is 9.59 Å². The lowest BCUT2D eigenvalue weighted by atomic mass is 9.91. The fraction of sp³-hybridized carbons (Fsp3) is 0.579. The zero-order valence-electron chi connectivity index (χ0n) is 14.2. The number of aryl methyl sites for hydroxylation is 1. The molecule has 23 heavy (non-hydrogen) atoms. The molecule has 2 rings (SSSR count). The molecule has 0 unspecified atom stereocenters. The summed E-state index contributed by atoms with van der Waals surface area (Å²) in [6.45, 7) is 5.45. The number of carbonyl (C=O) groups is 2. The Morgan fingerprint density at radius 2 is 1.78 bits per heavy atom. The van der Waals surface area contributed by atoms with Gasteiger partial charge in [0, 0.05) is 25.4 Å². The highest BCUT2D eigenvalue weighted by molar-refractivity contribution is 5.82. The van der Waals surface area contributed by atoms with E-state index in [1.807, 2.05) is 36.1 Å². The van der Waals surface area contributed by atoms with Crippen molar-refractivity contribution in [2.24, 2.45) is 5.92 Å². The first kappa shape index (κ1) is 17.5. The zero-order valence-corrected chi connectivity index (χ0v) is 14.2. The number of Topliss-reactive ketones (excluding diaryl/α,β-unsaturated/α-hetero) is 1. The molecule has 1 fully saturated rings. The fourth-order valence-corrected chi connectivity index (χ4v) is 3.02. The molecule has 1 aromatic carbocycles. The molecule has 0 N–H and O–H groups in total. The number of carbonyl (C=O) groups excluding carboxylic acids is 2. The molecule has 1 heterocycles. The summed E-state index contributed by atoms with van der Waals surface area (Å²) in [6.07, 6.45) is 4.34. The Hall–Kier alpha value is -1.84. The van der Waals surface area contributed by atoms with Crippen molar-refractivity contribution >= 4 is 11.7 Å². The summed E-state index contributed by atoms with van der Waals surface area (Å²) in [5.74, 6) is 1.19. The first-order chi connectivity index (χ1) is 11.1. The van der Waals surface area contributed by atoms with Crippen molar-refractivity contribution in [1.82, 2.24) is 4.90 Å². The minimum Gasteiger partial charge on any atom is -0.484 e. The minimum atomic E-state index is 0.00466. The fourth-order valence-electron chi connectivity index (χ4n) is 3.02. The Kier molecular flexibility index (Phi) is 6.63. The topological polar surface area (TPSA) is 46.6 Å². The van der Waals surface area contributed by atoms with Crippen LogP contribution in [0.5, 0.6) is 5.75 Å². The van der Waals surface area contributed by atoms with Gasteiger partial charge < -0.3 is 9.64 Å². The highest BCUT2D eigenvalue weighted by Gasteiger charge is 2.26. The van der Waals surface area contributed by atoms with Crippen LogP contribution in [-0.4, -0.2) is 36.3 Å². The maximum absolute atomic E-state index is 12.2. The van der Waals surface area contributed by atoms with Crippen LogP contribution in [0.25, 0.3) is 0 Å². The summed E-state index contributed by atoms with van der Waals surface area (Å²) >= 11 is 0. The Bertz CT molecular complexity index is 516. The van der Waals surface area contributed by atoms with Gasteiger partial charge in [0.1, 0.15) is 11.5 Å². The first-order valence-corrected chi connectivity index (χ1v) is 8.66. The molecule has 1 aliphatic rings. The molecule has 1 amide bonds. The van der Waals surface area contributed by atoms with E-state index in [4.69, 9.17) is 4.74 Å². The number of benzene rings is 1. The summed E-state index contributed by atoms with van der Waals surface area (Å²) in [5.41, 5.74) is 1.29. The number of rotatable bonds is 7. The molecule has 0 aliphatic carbocycles. The average Bonchev–Trinajstić information content (AvgIpc) is 2.60. The summed E-state index contributed by atoms with van der Waals surface area (Å²) in [7, 11) is 0. The van der Waals surface area contributed by atoms with Gasteiger partial charge in [-0.15, -0.1) is 0 Å². The SMILES string of the molecule is CCCc1ccc(OCC(=O)N2CCC(C(=O)CC)CC2)cc1. The van der Waals surface area contributed by atoms with E-state index in [9.17, 15) is 9.59 Å². The predicted molar refractivity (Wildman–Crippen MR) is 90.5 cm³/mol. The Morgan fingerprint density at radius 1 is 1.13 bits per heavy atom. The second-order valence-corrected chi connectivity index (χ2v) is 6.16. The standard InChI is InChI=1S/C19H27NO3/c1-3-5-15-6-8-17(9-7-15)23-14-19(22)20-12-10-16(11-13-20)18(21)4-2/h6-9,16H,3-5,10-14H2,1-2H3. The number of piperidine rings is 1. The van der Waals surface area contributed by atoms with Gasteiger partial charge in [0.2, 0.25) is 0 Å². The molecular formula is C19H27NO3. The number of likely N-dealkylation sites (tertiary alicyclic amines) is 1. The number of nitrogens with zero attached hydrogens (tertiary/aromatic N) is 1. The second-order valence-electron chi connectivity index (χ2n) is 6.16. The molecule has 4 heteroatoms. The Balaban J connectivity index is 1.76. The third-order valence-corrected chi connectivity index (χ3v) is 4.48. The van der Waals surface area contributed by atoms with Crippen LogP contribution in [0.2, 0.25) is 0 Å². The van der Waals surface area contributed by atoms with Crippen LogP contribution in [0.4, 0.5) is 0 Å². The number of amides is 1. The van der Waals surface area contributed by atoms with Gasteiger partial charge >= 0.3 is 0 Å². The van der Waals surface area contributed by atoms with Crippen molar-refractivity contribution in [3.8, 4) is 5.75 Å². The average molecular weight is 317 g/mol. The van der Waals surface area contributed by atoms with E-state index in [2.05, 4.69) is 6.92 Å². The third kappa shape index (κ3) is 5.08. The monoisotopic (exact) mass is 317 g/mol. The summed E-state index contributed by atoms with van der Waals surface area (Å²) in [6, 6.07) is 7.94. The van der Waals surface area contributed by atoms with E-state index in [0.29, 0.717) is 25.3 Å². The molecule has 0 bridgehead atoms. The number of hydrogen-bond acceptors (Lipinski definition) is 3. The molecule has 0 saturated carbocycles. The van der Waals surface area contributed by atoms with Crippen molar-refractivity contribution in [3.63, 3.8) is 0 Å². The number of hydrogen-bond donors (Lipinski definition) is 0. The van der Waals surface area contributed by atoms with Crippen LogP contribution in [0.3, 0.4) is 0 Å². The van der Waals surface area contributed by atoms with Gasteiger partial charge in [-0.05, 0) is 37.0 Å². The van der Waals surface area contributed by atoms with E-state index in [1.165, 1.54) is 5.56 Å². The van der Waals surface area contributed by atoms with E-state index in [0.717, 1.165) is 31.4 Å². The Labute approximate surface area is 138 Å². The second kappa shape index (κ2) is 8.70. The molecule has 0 spiro atoms. The van der Waals surface area contributed by atoms with Crippen molar-refractivity contribution < 1.29 is 14.3 Å². The molecular weight excluding hydrogens is 290 g/mol. The van der Waals surface area contributed by atoms with Gasteiger partial charge in [0.05, 0.1) is 0 Å². The lowest BCUT2D eigenvalue weighted by Crippen LogP contribution is -2.42. The lowest BCUT2D eigenvalue weighted by molar-refractivity contribution is -0.136. The van der Waals surface area contributed by atoms with Crippen molar-refractivity contribution in [1.29, 1.82) is 0 Å². The van der Waals surface area contributed by atoms with Crippen LogP contribution in [0.15, 0.2) is 24.3 Å². The minimum absolute atomic E-state index is 0.00466. The number of ether oxygens (including phenoxy) is 1. The van der Waals surface area contributed by atoms with Crippen molar-refractivity contribution in [2.45, 2.75) is 46.0 Å². The predicted octanol–water partition coefficient (Wildman–Crippen LogP) is 3.24. The molecule has 0 atom stereocenters. The molecule has 1 aliphatic heterocycles. The van der Waals surface area contributed by atoms with Crippen LogP contribution >= 0.6 is 0 Å². The van der Waals surface area contributed by atoms with E-state index in [1.54, 1.807) is 0 Å². The maximum atomic E-state index is 12.2. The lowest BCUT2D eigenvalue weighted by Gasteiger charge is -2.31. The van der Waals surface area contributed by atoms with Crippen LogP contribution in [0, 0.1) is 5.92 Å². The summed E-state index contributed by atoms with van der Waals surface area (Å²) < 4.78 is 5.59. The third-order valence-electron chi connectivity index (χ3n) is 4.48. The van der Waals surface area contributed by atoms with Crippen LogP contribution in [0.1, 0.15) is 45.1 Å². The van der Waals surface area contributed by atoms with Gasteiger partial charge in [-0.2, -0.15) is 0 Å². The maximum Gasteiger partial charge on any atom is 0.260 e. The molecule has 4 nitrogen and oxygen atoms in total. The first-order valence-electron chi connectivity index (χ1n) is 8.66. The van der Waals surface area contributed by atoms with E-state index in [-0.39, 0.29) is 18.4 Å². The summed E-state index contributed by atoms with van der Waals surface area (Å²) in [4.78, 5) is 25.7. The zero-order chi connectivity index (χ0) is 16.7. The van der Waals surface area contributed by atoms with Crippen molar-refractivity contribution in [3.05, 3.63) is 29.8 Å². The molecule has 1 aromatic rings.